The van der Waals surface area contributed by atoms with Gasteiger partial charge in [0, 0.05) is 0 Å². The first-order valence-electron chi connectivity index (χ1n) is 6.82. The molecule has 1 aromatic rings. The molecule has 1 aliphatic rings. The van der Waals surface area contributed by atoms with Gasteiger partial charge in [-0.1, -0.05) is 13.3 Å². The first-order chi connectivity index (χ1) is 9.10. The fourth-order valence-corrected chi connectivity index (χ4v) is 2.27. The van der Waals surface area contributed by atoms with E-state index in [2.05, 4.69) is 32.7 Å². The largest absolute Gasteiger partial charge is 0.306 e. The number of nitrogens with zero attached hydrogens (tertiary/aromatic N) is 3. The fraction of sp³-hybridized carbons (Fsp3) is 0.692. The quantitative estimate of drug-likeness (QED) is 0.856. The van der Waals surface area contributed by atoms with Crippen LogP contribution in [-0.4, -0.2) is 33.7 Å². The summed E-state index contributed by atoms with van der Waals surface area (Å²) in [4.78, 5) is 16.4. The number of nitrogens with one attached hydrogen (secondary N) is 2. The van der Waals surface area contributed by atoms with Crippen molar-refractivity contribution in [2.45, 2.75) is 46.1 Å². The molecule has 2 atom stereocenters. The Morgan fingerprint density at radius 2 is 2.16 bits per heavy atom. The van der Waals surface area contributed by atoms with E-state index in [1.807, 2.05) is 13.8 Å². The second-order valence-electron chi connectivity index (χ2n) is 5.10. The maximum atomic E-state index is 12.1. The molecule has 1 amide bonds. The first-order valence-corrected chi connectivity index (χ1v) is 6.82. The van der Waals surface area contributed by atoms with Crippen LogP contribution in [-0.2, 0) is 4.79 Å². The number of hydrogen-bond acceptors (Lipinski definition) is 5. The zero-order chi connectivity index (χ0) is 13.8. The van der Waals surface area contributed by atoms with E-state index in [4.69, 9.17) is 0 Å². The average molecular weight is 263 g/mol. The molecule has 19 heavy (non-hydrogen) atoms. The first kappa shape index (κ1) is 13.9. The van der Waals surface area contributed by atoms with E-state index in [-0.39, 0.29) is 17.9 Å². The monoisotopic (exact) mass is 263 g/mol. The molecule has 1 saturated heterocycles. The summed E-state index contributed by atoms with van der Waals surface area (Å²) < 4.78 is 0. The second-order valence-corrected chi connectivity index (χ2v) is 5.10. The molecule has 0 aromatic carbocycles. The van der Waals surface area contributed by atoms with Crippen molar-refractivity contribution in [1.29, 1.82) is 0 Å². The molecule has 2 heterocycles. The summed E-state index contributed by atoms with van der Waals surface area (Å²) in [5, 5.41) is 13.8. The van der Waals surface area contributed by atoms with Gasteiger partial charge in [0.15, 0.2) is 0 Å². The number of aromatic nitrogens is 3. The molecule has 0 saturated carbocycles. The Bertz CT molecular complexity index is 462. The van der Waals surface area contributed by atoms with E-state index in [9.17, 15) is 4.79 Å². The van der Waals surface area contributed by atoms with Gasteiger partial charge in [0.1, 0.15) is 0 Å². The maximum Gasteiger partial charge on any atom is 0.249 e. The third kappa shape index (κ3) is 3.47. The number of amides is 1. The molecule has 6 heteroatoms. The molecule has 2 N–H and O–H groups in total. The van der Waals surface area contributed by atoms with E-state index in [1.54, 1.807) is 0 Å². The summed E-state index contributed by atoms with van der Waals surface area (Å²) in [6, 6.07) is -0.149. The molecular weight excluding hydrogens is 242 g/mol. The summed E-state index contributed by atoms with van der Waals surface area (Å²) >= 11 is 0. The number of carbonyl (C=O) groups is 1. The summed E-state index contributed by atoms with van der Waals surface area (Å²) in [6.07, 6.45) is 3.13. The topological polar surface area (TPSA) is 79.8 Å². The molecule has 0 radical (unpaired) electrons. The highest BCUT2D eigenvalue weighted by molar-refractivity contribution is 5.93. The fourth-order valence-electron chi connectivity index (χ4n) is 2.27. The normalized spacial score (nSPS) is 23.1. The van der Waals surface area contributed by atoms with Crippen LogP contribution in [0.2, 0.25) is 0 Å². The van der Waals surface area contributed by atoms with Gasteiger partial charge < -0.3 is 5.32 Å². The Hall–Kier alpha value is -1.56. The van der Waals surface area contributed by atoms with Gasteiger partial charge in [0.25, 0.3) is 0 Å². The minimum Gasteiger partial charge on any atom is -0.306 e. The van der Waals surface area contributed by atoms with Crippen molar-refractivity contribution in [3.8, 4) is 0 Å². The van der Waals surface area contributed by atoms with Crippen LogP contribution in [0.1, 0.15) is 37.6 Å². The minimum absolute atomic E-state index is 0.0665. The highest BCUT2D eigenvalue weighted by Gasteiger charge is 2.26. The molecule has 0 aliphatic carbocycles. The predicted octanol–water partition coefficient (Wildman–Crippen LogP) is 1.21. The van der Waals surface area contributed by atoms with Crippen molar-refractivity contribution in [2.24, 2.45) is 5.92 Å². The molecule has 6 nitrogen and oxygen atoms in total. The molecule has 104 valence electrons. The molecule has 2 rings (SSSR count). The number of piperidine rings is 1. The van der Waals surface area contributed by atoms with Crippen molar-refractivity contribution >= 4 is 11.9 Å². The van der Waals surface area contributed by atoms with Crippen molar-refractivity contribution in [3.05, 3.63) is 11.4 Å². The summed E-state index contributed by atoms with van der Waals surface area (Å²) in [5.74, 6) is 0.840. The highest BCUT2D eigenvalue weighted by Crippen LogP contribution is 2.19. The van der Waals surface area contributed by atoms with Gasteiger partial charge in [0.2, 0.25) is 11.9 Å². The summed E-state index contributed by atoms with van der Waals surface area (Å²) in [7, 11) is 0. The Morgan fingerprint density at radius 3 is 2.84 bits per heavy atom. The Kier molecular flexibility index (Phi) is 4.42. The van der Waals surface area contributed by atoms with Gasteiger partial charge in [-0.05, 0) is 39.2 Å². The molecule has 2 unspecified atom stereocenters. The van der Waals surface area contributed by atoms with Crippen molar-refractivity contribution < 1.29 is 4.79 Å². The number of rotatable bonds is 3. The van der Waals surface area contributed by atoms with E-state index in [0.717, 1.165) is 37.2 Å². The zero-order valence-corrected chi connectivity index (χ0v) is 11.7. The van der Waals surface area contributed by atoms with Crippen LogP contribution >= 0.6 is 0 Å². The van der Waals surface area contributed by atoms with Gasteiger partial charge in [-0.2, -0.15) is 5.10 Å². The van der Waals surface area contributed by atoms with Crippen LogP contribution in [0.5, 0.6) is 0 Å². The zero-order valence-electron chi connectivity index (χ0n) is 11.7. The van der Waals surface area contributed by atoms with E-state index in [1.165, 1.54) is 0 Å². The third-order valence-corrected chi connectivity index (χ3v) is 3.73. The van der Waals surface area contributed by atoms with E-state index < -0.39 is 0 Å². The second kappa shape index (κ2) is 6.06. The lowest BCUT2D eigenvalue weighted by atomic mass is 9.90. The van der Waals surface area contributed by atoms with Crippen molar-refractivity contribution in [1.82, 2.24) is 20.5 Å². The van der Waals surface area contributed by atoms with Gasteiger partial charge in [-0.15, -0.1) is 5.10 Å². The number of carbonyl (C=O) groups excluding carboxylic acids is 1. The van der Waals surface area contributed by atoms with Gasteiger partial charge in [-0.25, -0.2) is 4.98 Å². The summed E-state index contributed by atoms with van der Waals surface area (Å²) in [6.45, 7) is 6.76. The number of hydrogen-bond donors (Lipinski definition) is 2. The lowest BCUT2D eigenvalue weighted by Gasteiger charge is -2.28. The Balaban J connectivity index is 1.98. The minimum atomic E-state index is -0.149. The third-order valence-electron chi connectivity index (χ3n) is 3.73. The van der Waals surface area contributed by atoms with E-state index >= 15 is 0 Å². The van der Waals surface area contributed by atoms with Crippen LogP contribution in [0, 0.1) is 19.8 Å². The van der Waals surface area contributed by atoms with Crippen LogP contribution in [0.4, 0.5) is 5.95 Å². The van der Waals surface area contributed by atoms with Crippen LogP contribution < -0.4 is 10.6 Å². The smallest absolute Gasteiger partial charge is 0.249 e. The Labute approximate surface area is 113 Å². The van der Waals surface area contributed by atoms with Crippen molar-refractivity contribution in [3.63, 3.8) is 0 Å². The lowest BCUT2D eigenvalue weighted by molar-refractivity contribution is -0.119. The standard InChI is InChI=1S/C13H21N5O/c1-4-10-5-6-14-11(7-10)12(19)16-13-15-8(2)9(3)17-18-13/h10-11,14H,4-7H2,1-3H3,(H,15,16,18,19). The summed E-state index contributed by atoms with van der Waals surface area (Å²) in [5.41, 5.74) is 1.56. The average Bonchev–Trinajstić information content (AvgIpc) is 2.43. The van der Waals surface area contributed by atoms with Gasteiger partial charge >= 0.3 is 0 Å². The number of anilines is 1. The Morgan fingerprint density at radius 1 is 1.37 bits per heavy atom. The molecule has 0 spiro atoms. The molecule has 1 aliphatic heterocycles. The van der Waals surface area contributed by atoms with Crippen molar-refractivity contribution in [2.75, 3.05) is 11.9 Å². The van der Waals surface area contributed by atoms with E-state index in [0.29, 0.717) is 5.92 Å². The number of aryl methyl sites for hydroxylation is 2. The SMILES string of the molecule is CCC1CCNC(C(=O)Nc2nnc(C)c(C)n2)C1. The highest BCUT2D eigenvalue weighted by atomic mass is 16.2. The lowest BCUT2D eigenvalue weighted by Crippen LogP contribution is -2.46. The maximum absolute atomic E-state index is 12.1. The van der Waals surface area contributed by atoms with Crippen LogP contribution in [0.15, 0.2) is 0 Å². The molecular formula is C13H21N5O. The van der Waals surface area contributed by atoms with Crippen LogP contribution in [0.3, 0.4) is 0 Å². The molecule has 0 bridgehead atoms. The van der Waals surface area contributed by atoms with Gasteiger partial charge in [-0.3, -0.25) is 10.1 Å². The van der Waals surface area contributed by atoms with Crippen LogP contribution in [0.25, 0.3) is 0 Å². The molecule has 1 fully saturated rings. The predicted molar refractivity (Wildman–Crippen MR) is 72.7 cm³/mol. The molecule has 1 aromatic heterocycles. The van der Waals surface area contributed by atoms with Gasteiger partial charge in [0.05, 0.1) is 17.4 Å².